The maximum absolute atomic E-state index is 11.8. The quantitative estimate of drug-likeness (QED) is 0.787. The predicted molar refractivity (Wildman–Crippen MR) is 64.6 cm³/mol. The van der Waals surface area contributed by atoms with Crippen molar-refractivity contribution in [2.45, 2.75) is 17.4 Å². The van der Waals surface area contributed by atoms with E-state index in [1.165, 1.54) is 0 Å². The summed E-state index contributed by atoms with van der Waals surface area (Å²) in [5.74, 6) is 1.16. The smallest absolute Gasteiger partial charge is 0.122 e. The lowest BCUT2D eigenvalue weighted by molar-refractivity contribution is 0.652. The van der Waals surface area contributed by atoms with Gasteiger partial charge in [-0.3, -0.25) is 8.42 Å². The summed E-state index contributed by atoms with van der Waals surface area (Å²) in [6.45, 7) is 1.87. The van der Waals surface area contributed by atoms with Crippen LogP contribution in [0.3, 0.4) is 0 Å². The van der Waals surface area contributed by atoms with Crippen LogP contribution in [0.4, 0.5) is 0 Å². The molecule has 1 aromatic rings. The van der Waals surface area contributed by atoms with Crippen molar-refractivity contribution in [1.29, 1.82) is 0 Å². The normalized spacial score (nSPS) is 35.5. The summed E-state index contributed by atoms with van der Waals surface area (Å²) in [6.07, 6.45) is 0.646. The summed E-state index contributed by atoms with van der Waals surface area (Å²) in [4.78, 5) is 0. The molecule has 1 aliphatic rings. The van der Waals surface area contributed by atoms with E-state index in [2.05, 4.69) is 0 Å². The summed E-state index contributed by atoms with van der Waals surface area (Å²) in [5.41, 5.74) is 1.11. The fraction of sp³-hybridized carbons (Fsp3) is 0.455. The Balaban J connectivity index is 2.24. The van der Waals surface area contributed by atoms with Gasteiger partial charge in [0.25, 0.3) is 0 Å². The topological polar surface area (TPSA) is 34.1 Å². The van der Waals surface area contributed by atoms with E-state index in [0.29, 0.717) is 17.9 Å². The molecule has 0 aromatic heterocycles. The Labute approximate surface area is 95.0 Å². The van der Waals surface area contributed by atoms with Crippen LogP contribution in [0.25, 0.3) is 0 Å². The molecule has 0 spiro atoms. The van der Waals surface area contributed by atoms with E-state index in [1.54, 1.807) is 0 Å². The highest BCUT2D eigenvalue weighted by molar-refractivity contribution is 8.07. The molecule has 1 heterocycles. The number of rotatable bonds is 2. The second-order valence-electron chi connectivity index (χ2n) is 3.90. The van der Waals surface area contributed by atoms with Gasteiger partial charge in [-0.25, -0.2) is 0 Å². The standard InChI is InChI=1S/C11H14O2S2/c1-11(14(12)7-8-15(11)13)9-10-5-3-2-4-6-10/h2-6H,7-9H2,1H3. The van der Waals surface area contributed by atoms with Gasteiger partial charge in [0.2, 0.25) is 0 Å². The third kappa shape index (κ3) is 2.06. The van der Waals surface area contributed by atoms with Crippen molar-refractivity contribution in [2.24, 2.45) is 0 Å². The van der Waals surface area contributed by atoms with Crippen LogP contribution < -0.4 is 0 Å². The molecule has 15 heavy (non-hydrogen) atoms. The van der Waals surface area contributed by atoms with E-state index in [9.17, 15) is 8.42 Å². The highest BCUT2D eigenvalue weighted by Gasteiger charge is 2.43. The molecule has 0 radical (unpaired) electrons. The molecule has 2 unspecified atom stereocenters. The molecule has 1 saturated heterocycles. The molecule has 2 nitrogen and oxygen atoms in total. The highest BCUT2D eigenvalue weighted by Crippen LogP contribution is 2.29. The molecule has 0 saturated carbocycles. The van der Waals surface area contributed by atoms with Gasteiger partial charge in [0.15, 0.2) is 0 Å². The van der Waals surface area contributed by atoms with Gasteiger partial charge in [0, 0.05) is 39.5 Å². The maximum atomic E-state index is 11.8. The second kappa shape index (κ2) is 4.18. The molecule has 82 valence electrons. The van der Waals surface area contributed by atoms with Gasteiger partial charge in [0.1, 0.15) is 4.08 Å². The third-order valence-corrected chi connectivity index (χ3v) is 7.52. The van der Waals surface area contributed by atoms with Crippen LogP contribution in [0.5, 0.6) is 0 Å². The van der Waals surface area contributed by atoms with Crippen LogP contribution >= 0.6 is 0 Å². The molecule has 0 bridgehead atoms. The number of benzene rings is 1. The zero-order valence-electron chi connectivity index (χ0n) is 8.64. The minimum Gasteiger partial charge on any atom is -0.258 e. The van der Waals surface area contributed by atoms with Crippen molar-refractivity contribution in [3.63, 3.8) is 0 Å². The SMILES string of the molecule is CC1(Cc2ccccc2)S(=O)CCS1=O. The lowest BCUT2D eigenvalue weighted by Crippen LogP contribution is -2.33. The van der Waals surface area contributed by atoms with E-state index >= 15 is 0 Å². The first-order valence-electron chi connectivity index (χ1n) is 4.94. The van der Waals surface area contributed by atoms with Crippen LogP contribution in [0.2, 0.25) is 0 Å². The lowest BCUT2D eigenvalue weighted by Gasteiger charge is -2.20. The van der Waals surface area contributed by atoms with Gasteiger partial charge in [-0.05, 0) is 12.5 Å². The molecular weight excluding hydrogens is 228 g/mol. The first-order valence-corrected chi connectivity index (χ1v) is 7.57. The van der Waals surface area contributed by atoms with Gasteiger partial charge in [-0.15, -0.1) is 0 Å². The minimum absolute atomic E-state index is 0.540. The van der Waals surface area contributed by atoms with Gasteiger partial charge >= 0.3 is 0 Å². The van der Waals surface area contributed by atoms with Gasteiger partial charge < -0.3 is 0 Å². The third-order valence-electron chi connectivity index (χ3n) is 2.79. The summed E-state index contributed by atoms with van der Waals surface area (Å²) in [6, 6.07) is 9.86. The molecule has 4 heteroatoms. The van der Waals surface area contributed by atoms with E-state index in [1.807, 2.05) is 37.3 Å². The molecular formula is C11H14O2S2. The zero-order valence-corrected chi connectivity index (χ0v) is 10.3. The average Bonchev–Trinajstić information content (AvgIpc) is 2.48. The Morgan fingerprint density at radius 3 is 2.20 bits per heavy atom. The van der Waals surface area contributed by atoms with Crippen molar-refractivity contribution in [1.82, 2.24) is 0 Å². The van der Waals surface area contributed by atoms with Crippen molar-refractivity contribution < 1.29 is 8.42 Å². The number of hydrogen-bond donors (Lipinski definition) is 0. The number of hydrogen-bond acceptors (Lipinski definition) is 2. The molecule has 2 rings (SSSR count). The van der Waals surface area contributed by atoms with Gasteiger partial charge in [-0.1, -0.05) is 30.3 Å². The predicted octanol–water partition coefficient (Wildman–Crippen LogP) is 1.46. The van der Waals surface area contributed by atoms with Crippen molar-refractivity contribution in [3.05, 3.63) is 35.9 Å². The first-order chi connectivity index (χ1) is 7.13. The Morgan fingerprint density at radius 1 is 1.13 bits per heavy atom. The van der Waals surface area contributed by atoms with Crippen LogP contribution in [0.1, 0.15) is 12.5 Å². The highest BCUT2D eigenvalue weighted by atomic mass is 32.3. The van der Waals surface area contributed by atoms with Gasteiger partial charge in [0.05, 0.1) is 0 Å². The molecule has 0 amide bonds. The van der Waals surface area contributed by atoms with Crippen LogP contribution in [0.15, 0.2) is 30.3 Å². The maximum Gasteiger partial charge on any atom is 0.122 e. The van der Waals surface area contributed by atoms with E-state index < -0.39 is 25.7 Å². The van der Waals surface area contributed by atoms with Crippen molar-refractivity contribution in [2.75, 3.05) is 11.5 Å². The fourth-order valence-electron chi connectivity index (χ4n) is 1.81. The van der Waals surface area contributed by atoms with E-state index in [0.717, 1.165) is 5.56 Å². The van der Waals surface area contributed by atoms with E-state index in [-0.39, 0.29) is 0 Å². The molecule has 2 atom stereocenters. The summed E-state index contributed by atoms with van der Waals surface area (Å²) in [7, 11) is -1.91. The lowest BCUT2D eigenvalue weighted by atomic mass is 10.1. The molecule has 1 aromatic carbocycles. The Hall–Kier alpha value is -0.480. The van der Waals surface area contributed by atoms with Gasteiger partial charge in [-0.2, -0.15) is 0 Å². The Bertz CT molecular complexity index is 384. The summed E-state index contributed by atoms with van der Waals surface area (Å²) in [5, 5.41) is 0. The fourth-order valence-corrected chi connectivity index (χ4v) is 5.87. The van der Waals surface area contributed by atoms with Crippen molar-refractivity contribution >= 4 is 21.6 Å². The Morgan fingerprint density at radius 2 is 1.67 bits per heavy atom. The average molecular weight is 242 g/mol. The summed E-state index contributed by atoms with van der Waals surface area (Å²) >= 11 is 0. The monoisotopic (exact) mass is 242 g/mol. The second-order valence-corrected chi connectivity index (χ2v) is 8.15. The molecule has 1 aliphatic heterocycles. The first kappa shape index (κ1) is 11.0. The molecule has 0 aliphatic carbocycles. The minimum atomic E-state index is -0.957. The van der Waals surface area contributed by atoms with Crippen LogP contribution in [-0.4, -0.2) is 24.0 Å². The largest absolute Gasteiger partial charge is 0.258 e. The zero-order chi connectivity index (χ0) is 10.9. The van der Waals surface area contributed by atoms with E-state index in [4.69, 9.17) is 0 Å². The summed E-state index contributed by atoms with van der Waals surface area (Å²) < 4.78 is 23.1. The Kier molecular flexibility index (Phi) is 3.07. The van der Waals surface area contributed by atoms with Crippen LogP contribution in [0, 0.1) is 0 Å². The molecule has 0 N–H and O–H groups in total. The van der Waals surface area contributed by atoms with Crippen molar-refractivity contribution in [3.8, 4) is 0 Å². The molecule has 1 fully saturated rings. The van der Waals surface area contributed by atoms with Crippen LogP contribution in [-0.2, 0) is 28.0 Å².